The van der Waals surface area contributed by atoms with Gasteiger partial charge in [-0.3, -0.25) is 4.79 Å². The highest BCUT2D eigenvalue weighted by atomic mass is 35.5. The molecule has 0 atom stereocenters. The number of piperidine rings is 1. The molecule has 0 spiro atoms. The number of allylic oxidation sites excluding steroid dienone is 2. The predicted octanol–water partition coefficient (Wildman–Crippen LogP) is 2.19. The van der Waals surface area contributed by atoms with Gasteiger partial charge in [0, 0.05) is 25.1 Å². The zero-order valence-electron chi connectivity index (χ0n) is 8.66. The van der Waals surface area contributed by atoms with Crippen LogP contribution in [0.5, 0.6) is 0 Å². The first-order chi connectivity index (χ1) is 6.70. The zero-order valence-corrected chi connectivity index (χ0v) is 9.48. The van der Waals surface area contributed by atoms with Crippen LogP contribution < -0.4 is 0 Å². The van der Waals surface area contributed by atoms with E-state index in [1.54, 1.807) is 0 Å². The topological polar surface area (TPSA) is 40.5 Å². The van der Waals surface area contributed by atoms with Gasteiger partial charge in [0.05, 0.1) is 5.70 Å². The van der Waals surface area contributed by atoms with Crippen molar-refractivity contribution >= 4 is 18.2 Å². The van der Waals surface area contributed by atoms with Crippen LogP contribution in [0.2, 0.25) is 0 Å². The monoisotopic (exact) mass is 229 g/mol. The van der Waals surface area contributed by atoms with Crippen molar-refractivity contribution in [2.45, 2.75) is 25.7 Å². The van der Waals surface area contributed by atoms with E-state index in [4.69, 9.17) is 0 Å². The number of halogens is 1. The lowest BCUT2D eigenvalue weighted by molar-refractivity contribution is -0.114. The molecule has 1 aliphatic heterocycles. The van der Waals surface area contributed by atoms with Crippen LogP contribution in [-0.4, -0.2) is 28.9 Å². The Balaban J connectivity index is 0.00000112. The van der Waals surface area contributed by atoms with E-state index in [-0.39, 0.29) is 23.9 Å². The molecule has 0 aromatic heterocycles. The maximum atomic E-state index is 11.3. The van der Waals surface area contributed by atoms with Gasteiger partial charge in [0.25, 0.3) is 0 Å². The highest BCUT2D eigenvalue weighted by molar-refractivity contribution is 6.09. The lowest BCUT2D eigenvalue weighted by atomic mass is 10.1. The van der Waals surface area contributed by atoms with E-state index in [0.29, 0.717) is 12.0 Å². The van der Waals surface area contributed by atoms with Gasteiger partial charge < -0.3 is 10.0 Å². The normalized spacial score (nSPS) is 22.0. The molecule has 0 amide bonds. The Labute approximate surface area is 95.9 Å². The summed E-state index contributed by atoms with van der Waals surface area (Å²) in [6, 6.07) is 0. The SMILES string of the molecule is C=C1CC(N2CCCCC2)=C(O)C1=O.Cl. The first-order valence-corrected chi connectivity index (χ1v) is 5.09. The van der Waals surface area contributed by atoms with Crippen molar-refractivity contribution in [2.24, 2.45) is 0 Å². The zero-order chi connectivity index (χ0) is 10.1. The van der Waals surface area contributed by atoms with Crippen molar-refractivity contribution in [1.82, 2.24) is 4.90 Å². The lowest BCUT2D eigenvalue weighted by Crippen LogP contribution is -2.29. The average Bonchev–Trinajstić information content (AvgIpc) is 2.47. The van der Waals surface area contributed by atoms with Crippen LogP contribution in [0.3, 0.4) is 0 Å². The number of ketones is 1. The van der Waals surface area contributed by atoms with Gasteiger partial charge in [-0.15, -0.1) is 12.4 Å². The smallest absolute Gasteiger partial charge is 0.224 e. The van der Waals surface area contributed by atoms with Crippen LogP contribution >= 0.6 is 12.4 Å². The fourth-order valence-electron chi connectivity index (χ4n) is 2.09. The quantitative estimate of drug-likeness (QED) is 0.701. The predicted molar refractivity (Wildman–Crippen MR) is 61.1 cm³/mol. The first-order valence-electron chi connectivity index (χ1n) is 5.09. The number of nitrogens with zero attached hydrogens (tertiary/aromatic N) is 1. The van der Waals surface area contributed by atoms with Crippen LogP contribution in [0.1, 0.15) is 25.7 Å². The van der Waals surface area contributed by atoms with Crippen LogP contribution in [0, 0.1) is 0 Å². The molecule has 0 saturated carbocycles. The van der Waals surface area contributed by atoms with E-state index >= 15 is 0 Å². The largest absolute Gasteiger partial charge is 0.503 e. The molecule has 3 nitrogen and oxygen atoms in total. The molecule has 2 aliphatic rings. The van der Waals surface area contributed by atoms with E-state index in [1.807, 2.05) is 0 Å². The highest BCUT2D eigenvalue weighted by Crippen LogP contribution is 2.29. The molecule has 2 rings (SSSR count). The van der Waals surface area contributed by atoms with Crippen molar-refractivity contribution in [3.05, 3.63) is 23.6 Å². The van der Waals surface area contributed by atoms with Gasteiger partial charge in [0.1, 0.15) is 0 Å². The molecular weight excluding hydrogens is 214 g/mol. The minimum Gasteiger partial charge on any atom is -0.503 e. The van der Waals surface area contributed by atoms with E-state index in [9.17, 15) is 9.90 Å². The molecule has 1 N–H and O–H groups in total. The van der Waals surface area contributed by atoms with Gasteiger partial charge in [-0.25, -0.2) is 0 Å². The fraction of sp³-hybridized carbons (Fsp3) is 0.545. The fourth-order valence-corrected chi connectivity index (χ4v) is 2.09. The lowest BCUT2D eigenvalue weighted by Gasteiger charge is -2.29. The Morgan fingerprint density at radius 1 is 1.20 bits per heavy atom. The summed E-state index contributed by atoms with van der Waals surface area (Å²) in [5.41, 5.74) is 1.31. The second kappa shape index (κ2) is 4.71. The van der Waals surface area contributed by atoms with Crippen LogP contribution in [-0.2, 0) is 4.79 Å². The highest BCUT2D eigenvalue weighted by Gasteiger charge is 2.30. The van der Waals surface area contributed by atoms with Crippen molar-refractivity contribution in [3.63, 3.8) is 0 Å². The van der Waals surface area contributed by atoms with Gasteiger partial charge in [0.2, 0.25) is 5.78 Å². The molecule has 1 heterocycles. The number of aliphatic hydroxyl groups excluding tert-OH is 1. The van der Waals surface area contributed by atoms with Crippen molar-refractivity contribution in [2.75, 3.05) is 13.1 Å². The molecule has 0 aromatic rings. The Bertz CT molecular complexity index is 317. The summed E-state index contributed by atoms with van der Waals surface area (Å²) in [7, 11) is 0. The van der Waals surface area contributed by atoms with Crippen molar-refractivity contribution in [1.29, 1.82) is 0 Å². The maximum absolute atomic E-state index is 11.3. The summed E-state index contributed by atoms with van der Waals surface area (Å²) in [6.07, 6.45) is 4.08. The molecule has 1 fully saturated rings. The Hall–Kier alpha value is -0.960. The number of likely N-dealkylation sites (tertiary alicyclic amines) is 1. The summed E-state index contributed by atoms with van der Waals surface area (Å²) in [6.45, 7) is 5.57. The molecule has 0 radical (unpaired) electrons. The Morgan fingerprint density at radius 2 is 1.80 bits per heavy atom. The van der Waals surface area contributed by atoms with Crippen molar-refractivity contribution in [3.8, 4) is 0 Å². The minimum absolute atomic E-state index is 0. The average molecular weight is 230 g/mol. The number of aliphatic hydroxyl groups is 1. The number of carbonyl (C=O) groups is 1. The molecule has 84 valence electrons. The first kappa shape index (κ1) is 12.1. The Morgan fingerprint density at radius 3 is 2.27 bits per heavy atom. The van der Waals surface area contributed by atoms with E-state index in [0.717, 1.165) is 31.6 Å². The molecule has 1 saturated heterocycles. The van der Waals surface area contributed by atoms with Gasteiger partial charge in [-0.1, -0.05) is 6.58 Å². The third-order valence-corrected chi connectivity index (χ3v) is 2.93. The van der Waals surface area contributed by atoms with Gasteiger partial charge in [0.15, 0.2) is 5.76 Å². The Kier molecular flexibility index (Phi) is 3.80. The van der Waals surface area contributed by atoms with Gasteiger partial charge in [-0.05, 0) is 19.3 Å². The van der Waals surface area contributed by atoms with Gasteiger partial charge in [-0.2, -0.15) is 0 Å². The maximum Gasteiger partial charge on any atom is 0.224 e. The van der Waals surface area contributed by atoms with E-state index in [1.165, 1.54) is 6.42 Å². The van der Waals surface area contributed by atoms with Crippen molar-refractivity contribution < 1.29 is 9.90 Å². The number of Topliss-reactive ketones (excluding diaryl/α,β-unsaturated/α-hetero) is 1. The second-order valence-corrected chi connectivity index (χ2v) is 3.95. The van der Waals surface area contributed by atoms with Crippen LogP contribution in [0.4, 0.5) is 0 Å². The molecule has 15 heavy (non-hydrogen) atoms. The minimum atomic E-state index is -0.273. The summed E-state index contributed by atoms with van der Waals surface area (Å²) in [5, 5.41) is 9.61. The molecule has 0 aromatic carbocycles. The summed E-state index contributed by atoms with van der Waals surface area (Å²) < 4.78 is 0. The number of rotatable bonds is 1. The summed E-state index contributed by atoms with van der Waals surface area (Å²) >= 11 is 0. The standard InChI is InChI=1S/C11H15NO2.ClH/c1-8-7-9(11(14)10(8)13)12-5-3-2-4-6-12;/h14H,1-7H2;1H. The molecular formula is C11H16ClNO2. The number of carbonyl (C=O) groups excluding carboxylic acids is 1. The molecule has 1 aliphatic carbocycles. The number of hydrogen-bond donors (Lipinski definition) is 1. The van der Waals surface area contributed by atoms with Gasteiger partial charge >= 0.3 is 0 Å². The molecule has 0 unspecified atom stereocenters. The summed E-state index contributed by atoms with van der Waals surface area (Å²) in [5.74, 6) is -0.345. The van der Waals surface area contributed by atoms with Crippen LogP contribution in [0.25, 0.3) is 0 Å². The van der Waals surface area contributed by atoms with Crippen LogP contribution in [0.15, 0.2) is 23.6 Å². The summed E-state index contributed by atoms with van der Waals surface area (Å²) in [4.78, 5) is 13.4. The molecule has 0 bridgehead atoms. The van der Waals surface area contributed by atoms with E-state index in [2.05, 4.69) is 11.5 Å². The van der Waals surface area contributed by atoms with E-state index < -0.39 is 0 Å². The molecule has 4 heteroatoms. The number of hydrogen-bond acceptors (Lipinski definition) is 3. The third-order valence-electron chi connectivity index (χ3n) is 2.93. The third kappa shape index (κ3) is 2.17. The second-order valence-electron chi connectivity index (χ2n) is 3.95.